The van der Waals surface area contributed by atoms with E-state index in [0.717, 1.165) is 31.5 Å². The maximum Gasteiger partial charge on any atom is 0.0700 e. The molecule has 0 spiro atoms. The molecule has 0 aliphatic heterocycles. The van der Waals surface area contributed by atoms with Crippen molar-refractivity contribution in [2.75, 3.05) is 0 Å². The highest BCUT2D eigenvalue weighted by molar-refractivity contribution is 5.83. The van der Waals surface area contributed by atoms with Gasteiger partial charge >= 0.3 is 0 Å². The molecular weight excluding hydrogens is 426 g/mol. The third-order valence-corrected chi connectivity index (χ3v) is 6.23. The molecule has 0 N–H and O–H groups in total. The Bertz CT molecular complexity index is 1470. The van der Waals surface area contributed by atoms with Gasteiger partial charge in [0.05, 0.1) is 17.7 Å². The first-order chi connectivity index (χ1) is 17.2. The molecule has 0 saturated heterocycles. The van der Waals surface area contributed by atoms with Gasteiger partial charge in [0.25, 0.3) is 0 Å². The molecule has 0 saturated carbocycles. The van der Waals surface area contributed by atoms with E-state index < -0.39 is 0 Å². The van der Waals surface area contributed by atoms with Crippen LogP contribution >= 0.6 is 0 Å². The minimum absolute atomic E-state index is 0.0323. The van der Waals surface area contributed by atoms with E-state index in [1.807, 2.05) is 36.6 Å². The van der Waals surface area contributed by atoms with E-state index in [9.17, 15) is 0 Å². The van der Waals surface area contributed by atoms with Gasteiger partial charge in [0.2, 0.25) is 0 Å². The first-order valence-corrected chi connectivity index (χ1v) is 12.1. The fourth-order valence-corrected chi connectivity index (χ4v) is 4.45. The largest absolute Gasteiger partial charge is 0.337 e. The van der Waals surface area contributed by atoms with Crippen LogP contribution in [0.15, 0.2) is 102 Å². The second kappa shape index (κ2) is 11.8. The molecule has 2 aromatic carbocycles. The van der Waals surface area contributed by atoms with Gasteiger partial charge in [-0.15, -0.1) is 6.58 Å². The normalized spacial score (nSPS) is 16.9. The number of aliphatic imine (C=N–C) groups is 1. The first-order valence-electron chi connectivity index (χ1n) is 12.1. The van der Waals surface area contributed by atoms with Crippen LogP contribution in [0.5, 0.6) is 0 Å². The highest BCUT2D eigenvalue weighted by Gasteiger charge is 2.08. The Balaban J connectivity index is 1.64. The molecule has 3 nitrogen and oxygen atoms in total. The molecule has 1 atom stereocenters. The van der Waals surface area contributed by atoms with Crippen LogP contribution in [0.25, 0.3) is 23.1 Å². The van der Waals surface area contributed by atoms with Gasteiger partial charge in [0, 0.05) is 34.2 Å². The Morgan fingerprint density at radius 2 is 2.00 bits per heavy atom. The topological polar surface area (TPSA) is 41.1 Å². The monoisotopic (exact) mass is 457 g/mol. The van der Waals surface area contributed by atoms with Gasteiger partial charge < -0.3 is 4.57 Å². The smallest absolute Gasteiger partial charge is 0.0700 e. The zero-order valence-corrected chi connectivity index (χ0v) is 20.3. The van der Waals surface area contributed by atoms with Gasteiger partial charge in [-0.2, -0.15) is 5.26 Å². The number of nitriles is 1. The lowest BCUT2D eigenvalue weighted by Gasteiger charge is -2.05. The predicted octanol–water partition coefficient (Wildman–Crippen LogP) is 5.80. The summed E-state index contributed by atoms with van der Waals surface area (Å²) in [6, 6.07) is 19.6. The molecule has 1 heterocycles. The third-order valence-electron chi connectivity index (χ3n) is 6.23. The van der Waals surface area contributed by atoms with E-state index in [0.29, 0.717) is 0 Å². The second-order valence-corrected chi connectivity index (χ2v) is 8.60. The van der Waals surface area contributed by atoms with Crippen LogP contribution in [0.4, 0.5) is 0 Å². The lowest BCUT2D eigenvalue weighted by atomic mass is 10.0. The van der Waals surface area contributed by atoms with Crippen molar-refractivity contribution in [2.45, 2.75) is 32.7 Å². The number of benzene rings is 2. The molecule has 0 amide bonds. The van der Waals surface area contributed by atoms with Crippen LogP contribution in [0.1, 0.15) is 24.5 Å². The Hall–Kier alpha value is -4.16. The maximum absolute atomic E-state index is 8.99. The van der Waals surface area contributed by atoms with Gasteiger partial charge in [0.15, 0.2) is 0 Å². The molecule has 1 aliphatic carbocycles. The molecular formula is C32H31N3. The molecule has 0 radical (unpaired) electrons. The van der Waals surface area contributed by atoms with Crippen LogP contribution in [0, 0.1) is 17.2 Å². The summed E-state index contributed by atoms with van der Waals surface area (Å²) in [4.78, 5) is 4.51. The average molecular weight is 458 g/mol. The van der Waals surface area contributed by atoms with Crippen molar-refractivity contribution < 1.29 is 0 Å². The highest BCUT2D eigenvalue weighted by Crippen LogP contribution is 2.16. The molecule has 1 unspecified atom stereocenters. The van der Waals surface area contributed by atoms with Crippen molar-refractivity contribution in [1.29, 1.82) is 5.26 Å². The third kappa shape index (κ3) is 5.86. The first kappa shape index (κ1) is 24.0. The fraction of sp³-hybridized carbons (Fsp3) is 0.188. The standard InChI is InChI=1S/C32H31N3/c1-3-10-26-16-20-32-30(23-26)29(19-15-25-11-6-5-7-12-25)31(4-2)35(32)22-9-8-21-34-28-17-13-27(24-33)14-18-28/h3-9,11-13,16-21,23,27H,1,10,14-15,22H2,2H3/b9-8-,29-19-,31-4+,34-21?. The summed E-state index contributed by atoms with van der Waals surface area (Å²) in [7, 11) is 0. The van der Waals surface area contributed by atoms with Crippen LogP contribution < -0.4 is 10.6 Å². The summed E-state index contributed by atoms with van der Waals surface area (Å²) in [5, 5.41) is 12.8. The van der Waals surface area contributed by atoms with Crippen molar-refractivity contribution in [3.63, 3.8) is 0 Å². The van der Waals surface area contributed by atoms with Crippen molar-refractivity contribution in [3.05, 3.63) is 119 Å². The summed E-state index contributed by atoms with van der Waals surface area (Å²) >= 11 is 0. The summed E-state index contributed by atoms with van der Waals surface area (Å²) in [5.74, 6) is -0.0323. The van der Waals surface area contributed by atoms with Crippen molar-refractivity contribution in [3.8, 4) is 6.07 Å². The van der Waals surface area contributed by atoms with Gasteiger partial charge in [-0.25, -0.2) is 0 Å². The SMILES string of the molecule is C=CCc1ccc2c(c1)c(=C/Cc1ccccc1)/c(=C\C)n2C/C=C\C=NC1=CCC(C#N)C=C1. The number of fused-ring (bicyclic) bond motifs is 1. The Morgan fingerprint density at radius 3 is 2.71 bits per heavy atom. The number of nitrogens with zero attached hydrogens (tertiary/aromatic N) is 3. The Morgan fingerprint density at radius 1 is 1.14 bits per heavy atom. The number of aromatic nitrogens is 1. The summed E-state index contributed by atoms with van der Waals surface area (Å²) < 4.78 is 2.37. The molecule has 3 aromatic rings. The number of hydrogen-bond donors (Lipinski definition) is 0. The van der Waals surface area contributed by atoms with Gasteiger partial charge in [-0.3, -0.25) is 4.99 Å². The number of allylic oxidation sites excluding steroid dienone is 6. The molecule has 0 bridgehead atoms. The molecule has 4 rings (SSSR count). The number of hydrogen-bond acceptors (Lipinski definition) is 2. The zero-order chi connectivity index (χ0) is 24.5. The van der Waals surface area contributed by atoms with Crippen molar-refractivity contribution in [2.24, 2.45) is 10.9 Å². The quantitative estimate of drug-likeness (QED) is 0.311. The van der Waals surface area contributed by atoms with Gasteiger partial charge in [-0.1, -0.05) is 72.9 Å². The summed E-state index contributed by atoms with van der Waals surface area (Å²) in [5.41, 5.74) is 4.72. The lowest BCUT2D eigenvalue weighted by Crippen LogP contribution is -2.29. The van der Waals surface area contributed by atoms with Crippen LogP contribution in [0.3, 0.4) is 0 Å². The zero-order valence-electron chi connectivity index (χ0n) is 20.3. The fourth-order valence-electron chi connectivity index (χ4n) is 4.45. The van der Waals surface area contributed by atoms with E-state index in [-0.39, 0.29) is 5.92 Å². The van der Waals surface area contributed by atoms with Crippen LogP contribution in [-0.2, 0) is 19.4 Å². The molecule has 1 aromatic heterocycles. The molecule has 1 aliphatic rings. The summed E-state index contributed by atoms with van der Waals surface area (Å²) in [6.07, 6.45) is 20.8. The maximum atomic E-state index is 8.99. The molecule has 174 valence electrons. The predicted molar refractivity (Wildman–Crippen MR) is 148 cm³/mol. The average Bonchev–Trinajstić information content (AvgIpc) is 3.20. The second-order valence-electron chi connectivity index (χ2n) is 8.60. The summed E-state index contributed by atoms with van der Waals surface area (Å²) in [6.45, 7) is 6.78. The Kier molecular flexibility index (Phi) is 8.09. The minimum atomic E-state index is -0.0323. The van der Waals surface area contributed by atoms with E-state index >= 15 is 0 Å². The highest BCUT2D eigenvalue weighted by atomic mass is 15.0. The molecule has 35 heavy (non-hydrogen) atoms. The Labute approximate surface area is 207 Å². The van der Waals surface area contributed by atoms with Gasteiger partial charge in [0.1, 0.15) is 0 Å². The molecule has 0 fully saturated rings. The van der Waals surface area contributed by atoms with E-state index in [1.54, 1.807) is 0 Å². The van der Waals surface area contributed by atoms with E-state index in [1.165, 1.54) is 32.6 Å². The number of rotatable bonds is 8. The van der Waals surface area contributed by atoms with Crippen LogP contribution in [-0.4, -0.2) is 10.8 Å². The van der Waals surface area contributed by atoms with Crippen molar-refractivity contribution >= 4 is 29.3 Å². The minimum Gasteiger partial charge on any atom is -0.337 e. The van der Waals surface area contributed by atoms with Gasteiger partial charge in [-0.05, 0) is 61.6 Å². The van der Waals surface area contributed by atoms with E-state index in [4.69, 9.17) is 5.26 Å². The van der Waals surface area contributed by atoms with E-state index in [2.05, 4.69) is 95.9 Å². The van der Waals surface area contributed by atoms with Crippen molar-refractivity contribution in [1.82, 2.24) is 4.57 Å². The van der Waals surface area contributed by atoms with Crippen LogP contribution in [0.2, 0.25) is 0 Å². The molecule has 3 heteroatoms. The lowest BCUT2D eigenvalue weighted by molar-refractivity contribution is 0.827.